The Hall–Kier alpha value is -3.46. The standard InChI is InChI=1S/C19H15N5O/c1-13-9-15(7-8-22-13)23-12-18(20-2)24(19(23)25)17-11-21-10-14-5-3-4-6-16(14)17/h3-11,18H,12H2,1H3. The zero-order chi connectivity index (χ0) is 17.4. The molecule has 0 radical (unpaired) electrons. The maximum Gasteiger partial charge on any atom is 0.335 e. The van der Waals surface area contributed by atoms with E-state index in [-0.39, 0.29) is 6.03 Å². The fourth-order valence-corrected chi connectivity index (χ4v) is 3.15. The number of carbonyl (C=O) groups is 1. The van der Waals surface area contributed by atoms with Crippen LogP contribution in [0.15, 0.2) is 55.0 Å². The van der Waals surface area contributed by atoms with Gasteiger partial charge in [-0.05, 0) is 19.1 Å². The smallest absolute Gasteiger partial charge is 0.287 e. The molecule has 0 spiro atoms. The van der Waals surface area contributed by atoms with Crippen LogP contribution in [-0.4, -0.2) is 28.7 Å². The molecule has 1 unspecified atom stereocenters. The number of aryl methyl sites for hydroxylation is 1. The molecule has 122 valence electrons. The van der Waals surface area contributed by atoms with Crippen LogP contribution in [0.3, 0.4) is 0 Å². The summed E-state index contributed by atoms with van der Waals surface area (Å²) in [4.78, 5) is 28.3. The fraction of sp³-hybridized carbons (Fsp3) is 0.158. The van der Waals surface area contributed by atoms with Crippen molar-refractivity contribution in [3.8, 4) is 0 Å². The summed E-state index contributed by atoms with van der Waals surface area (Å²) in [5.74, 6) is 0. The van der Waals surface area contributed by atoms with Crippen LogP contribution >= 0.6 is 0 Å². The van der Waals surface area contributed by atoms with Gasteiger partial charge in [-0.3, -0.25) is 19.7 Å². The molecule has 3 heterocycles. The first-order chi connectivity index (χ1) is 12.2. The second kappa shape index (κ2) is 5.87. The summed E-state index contributed by atoms with van der Waals surface area (Å²) in [5.41, 5.74) is 2.24. The number of rotatable bonds is 2. The number of amides is 2. The molecule has 2 aromatic heterocycles. The number of fused-ring (bicyclic) bond motifs is 1. The van der Waals surface area contributed by atoms with Gasteiger partial charge in [-0.1, -0.05) is 24.3 Å². The lowest BCUT2D eigenvalue weighted by atomic mass is 10.1. The van der Waals surface area contributed by atoms with Crippen molar-refractivity contribution in [2.24, 2.45) is 0 Å². The number of hydrogen-bond donors (Lipinski definition) is 0. The van der Waals surface area contributed by atoms with Crippen molar-refractivity contribution in [2.75, 3.05) is 16.3 Å². The first kappa shape index (κ1) is 15.1. The number of pyridine rings is 2. The Labute approximate surface area is 145 Å². The van der Waals surface area contributed by atoms with E-state index >= 15 is 0 Å². The molecule has 2 amide bonds. The van der Waals surface area contributed by atoms with Crippen molar-refractivity contribution < 1.29 is 4.79 Å². The van der Waals surface area contributed by atoms with E-state index in [0.717, 1.165) is 22.2 Å². The molecule has 1 aliphatic heterocycles. The van der Waals surface area contributed by atoms with Gasteiger partial charge in [0.15, 0.2) is 0 Å². The minimum atomic E-state index is -0.589. The Morgan fingerprint density at radius 3 is 2.88 bits per heavy atom. The molecular weight excluding hydrogens is 314 g/mol. The predicted octanol–water partition coefficient (Wildman–Crippen LogP) is 3.63. The number of benzene rings is 1. The predicted molar refractivity (Wildman–Crippen MR) is 96.3 cm³/mol. The quantitative estimate of drug-likeness (QED) is 0.675. The highest BCUT2D eigenvalue weighted by Gasteiger charge is 2.44. The van der Waals surface area contributed by atoms with E-state index in [1.807, 2.05) is 37.3 Å². The van der Waals surface area contributed by atoms with Crippen LogP contribution in [0.1, 0.15) is 5.69 Å². The molecule has 6 heteroatoms. The summed E-state index contributed by atoms with van der Waals surface area (Å²) in [6.45, 7) is 9.74. The average molecular weight is 329 g/mol. The molecule has 0 bridgehead atoms. The molecule has 1 aromatic carbocycles. The Balaban J connectivity index is 1.81. The van der Waals surface area contributed by atoms with Gasteiger partial charge in [-0.15, -0.1) is 0 Å². The zero-order valence-corrected chi connectivity index (χ0v) is 13.6. The highest BCUT2D eigenvalue weighted by molar-refractivity contribution is 6.11. The molecule has 1 saturated heterocycles. The second-order valence-corrected chi connectivity index (χ2v) is 5.91. The van der Waals surface area contributed by atoms with Crippen LogP contribution in [0.4, 0.5) is 16.2 Å². The summed E-state index contributed by atoms with van der Waals surface area (Å²) in [6, 6.07) is 11.2. The molecule has 3 aromatic rings. The Bertz CT molecular complexity index is 1000. The SMILES string of the molecule is [C-]#[N+]C1CN(c2ccnc(C)c2)C(=O)N1c1cncc2ccccc12. The molecule has 1 aliphatic rings. The number of urea groups is 1. The molecular formula is C19H15N5O. The van der Waals surface area contributed by atoms with E-state index in [1.165, 1.54) is 4.90 Å². The first-order valence-corrected chi connectivity index (χ1v) is 7.92. The largest absolute Gasteiger partial charge is 0.335 e. The third-order valence-corrected chi connectivity index (χ3v) is 4.33. The van der Waals surface area contributed by atoms with Gasteiger partial charge in [-0.2, -0.15) is 0 Å². The van der Waals surface area contributed by atoms with E-state index in [9.17, 15) is 4.79 Å². The molecule has 0 aliphatic carbocycles. The number of anilines is 2. The van der Waals surface area contributed by atoms with Crippen LogP contribution < -0.4 is 9.80 Å². The molecule has 6 nitrogen and oxygen atoms in total. The lowest BCUT2D eigenvalue weighted by Gasteiger charge is -2.19. The summed E-state index contributed by atoms with van der Waals surface area (Å²) >= 11 is 0. The van der Waals surface area contributed by atoms with E-state index in [1.54, 1.807) is 29.6 Å². The van der Waals surface area contributed by atoms with Gasteiger partial charge in [-0.25, -0.2) is 16.3 Å². The van der Waals surface area contributed by atoms with Crippen LogP contribution in [0.5, 0.6) is 0 Å². The Kier molecular flexibility index (Phi) is 3.55. The van der Waals surface area contributed by atoms with Crippen LogP contribution in [0.25, 0.3) is 15.6 Å². The summed E-state index contributed by atoms with van der Waals surface area (Å²) in [7, 11) is 0. The molecule has 4 rings (SSSR count). The Morgan fingerprint density at radius 1 is 1.24 bits per heavy atom. The van der Waals surface area contributed by atoms with Gasteiger partial charge in [0.2, 0.25) is 0 Å². The first-order valence-electron chi connectivity index (χ1n) is 7.92. The summed E-state index contributed by atoms with van der Waals surface area (Å²) in [5, 5.41) is 1.85. The Morgan fingerprint density at radius 2 is 2.08 bits per heavy atom. The summed E-state index contributed by atoms with van der Waals surface area (Å²) < 4.78 is 0. The van der Waals surface area contributed by atoms with E-state index in [4.69, 9.17) is 6.57 Å². The topological polar surface area (TPSA) is 53.7 Å². The molecule has 0 saturated carbocycles. The molecule has 0 N–H and O–H groups in total. The van der Waals surface area contributed by atoms with Crippen molar-refractivity contribution in [1.82, 2.24) is 9.97 Å². The highest BCUT2D eigenvalue weighted by Crippen LogP contribution is 2.33. The number of nitrogens with zero attached hydrogens (tertiary/aromatic N) is 5. The van der Waals surface area contributed by atoms with E-state index < -0.39 is 6.17 Å². The van der Waals surface area contributed by atoms with Gasteiger partial charge in [0.1, 0.15) is 6.54 Å². The van der Waals surface area contributed by atoms with Gasteiger partial charge in [0.05, 0.1) is 11.9 Å². The van der Waals surface area contributed by atoms with Gasteiger partial charge >= 0.3 is 12.2 Å². The van der Waals surface area contributed by atoms with Gasteiger partial charge in [0.25, 0.3) is 0 Å². The van der Waals surface area contributed by atoms with E-state index in [2.05, 4.69) is 14.8 Å². The van der Waals surface area contributed by atoms with Crippen molar-refractivity contribution in [2.45, 2.75) is 13.1 Å². The van der Waals surface area contributed by atoms with Gasteiger partial charge in [0, 0.05) is 34.5 Å². The average Bonchev–Trinajstić information content (AvgIpc) is 2.97. The third kappa shape index (κ3) is 2.46. The number of carbonyl (C=O) groups excluding carboxylic acids is 1. The molecule has 1 atom stereocenters. The third-order valence-electron chi connectivity index (χ3n) is 4.33. The minimum absolute atomic E-state index is 0.218. The van der Waals surface area contributed by atoms with Crippen LogP contribution in [0.2, 0.25) is 0 Å². The maximum atomic E-state index is 13.1. The summed E-state index contributed by atoms with van der Waals surface area (Å²) in [6.07, 6.45) is 4.50. The highest BCUT2D eigenvalue weighted by atomic mass is 16.2. The van der Waals surface area contributed by atoms with Crippen molar-refractivity contribution in [3.05, 3.63) is 72.1 Å². The fourth-order valence-electron chi connectivity index (χ4n) is 3.15. The zero-order valence-electron chi connectivity index (χ0n) is 13.6. The normalized spacial score (nSPS) is 17.1. The lowest BCUT2D eigenvalue weighted by molar-refractivity contribution is 0.255. The monoisotopic (exact) mass is 329 g/mol. The second-order valence-electron chi connectivity index (χ2n) is 5.91. The number of aromatic nitrogens is 2. The van der Waals surface area contributed by atoms with E-state index in [0.29, 0.717) is 12.2 Å². The van der Waals surface area contributed by atoms with Crippen molar-refractivity contribution >= 4 is 28.2 Å². The lowest BCUT2D eigenvalue weighted by Crippen LogP contribution is -2.34. The van der Waals surface area contributed by atoms with Crippen LogP contribution in [0, 0.1) is 13.5 Å². The molecule has 1 fully saturated rings. The van der Waals surface area contributed by atoms with Crippen molar-refractivity contribution in [1.29, 1.82) is 0 Å². The number of hydrogen-bond acceptors (Lipinski definition) is 3. The maximum absolute atomic E-state index is 13.1. The van der Waals surface area contributed by atoms with Gasteiger partial charge < -0.3 is 0 Å². The van der Waals surface area contributed by atoms with Crippen LogP contribution in [-0.2, 0) is 0 Å². The minimum Gasteiger partial charge on any atom is -0.287 e. The molecule has 25 heavy (non-hydrogen) atoms. The van der Waals surface area contributed by atoms with Crippen molar-refractivity contribution in [3.63, 3.8) is 0 Å².